The van der Waals surface area contributed by atoms with Crippen LogP contribution in [0.4, 0.5) is 5.00 Å². The predicted octanol–water partition coefficient (Wildman–Crippen LogP) is 3.95. The Balaban J connectivity index is 1.93. The molecule has 1 aromatic carbocycles. The highest BCUT2D eigenvalue weighted by molar-refractivity contribution is 7.90. The van der Waals surface area contributed by atoms with Gasteiger partial charge < -0.3 is 10.1 Å². The summed E-state index contributed by atoms with van der Waals surface area (Å²) in [6.45, 7) is 8.19. The summed E-state index contributed by atoms with van der Waals surface area (Å²) in [6.07, 6.45) is 0.248. The Morgan fingerprint density at radius 3 is 2.41 bits per heavy atom. The summed E-state index contributed by atoms with van der Waals surface area (Å²) in [4.78, 5) is 25.9. The maximum absolute atomic E-state index is 12.8. The van der Waals surface area contributed by atoms with Crippen molar-refractivity contribution in [3.63, 3.8) is 0 Å². The maximum Gasteiger partial charge on any atom is 0.341 e. The Morgan fingerprint density at radius 1 is 1.17 bits per heavy atom. The Morgan fingerprint density at radius 2 is 1.83 bits per heavy atom. The fourth-order valence-electron chi connectivity index (χ4n) is 3.23. The molecule has 8 heteroatoms. The highest BCUT2D eigenvalue weighted by atomic mass is 32.2. The Kier molecular flexibility index (Phi) is 5.87. The summed E-state index contributed by atoms with van der Waals surface area (Å²) in [6, 6.07) is 7.32. The van der Waals surface area contributed by atoms with E-state index in [9.17, 15) is 18.0 Å². The number of anilines is 1. The second kappa shape index (κ2) is 7.91. The third kappa shape index (κ3) is 4.70. The van der Waals surface area contributed by atoms with Crippen molar-refractivity contribution in [1.82, 2.24) is 0 Å². The molecule has 0 unspecified atom stereocenters. The third-order valence-electron chi connectivity index (χ3n) is 4.82. The normalized spacial score (nSPS) is 15.4. The van der Waals surface area contributed by atoms with Crippen molar-refractivity contribution in [2.45, 2.75) is 45.3 Å². The van der Waals surface area contributed by atoms with Crippen LogP contribution in [0.2, 0.25) is 0 Å². The number of hydrogen-bond acceptors (Lipinski definition) is 6. The van der Waals surface area contributed by atoms with Crippen molar-refractivity contribution in [3.05, 3.63) is 51.4 Å². The topological polar surface area (TPSA) is 89.5 Å². The first-order valence-electron chi connectivity index (χ1n) is 9.46. The van der Waals surface area contributed by atoms with E-state index in [2.05, 4.69) is 26.1 Å². The monoisotopic (exact) mass is 435 g/mol. The molecule has 2 aromatic rings. The zero-order valence-corrected chi connectivity index (χ0v) is 18.6. The second-order valence-electron chi connectivity index (χ2n) is 8.05. The van der Waals surface area contributed by atoms with Gasteiger partial charge in [0.25, 0.3) is 5.91 Å². The smallest absolute Gasteiger partial charge is 0.341 e. The molecule has 1 aromatic heterocycles. The van der Waals surface area contributed by atoms with Gasteiger partial charge in [-0.15, -0.1) is 11.3 Å². The molecular formula is C21H25NO5S2. The van der Waals surface area contributed by atoms with Crippen molar-refractivity contribution < 1.29 is 22.7 Å². The fraction of sp³-hybridized carbons (Fsp3) is 0.429. The molecule has 0 radical (unpaired) electrons. The van der Waals surface area contributed by atoms with E-state index < -0.39 is 15.8 Å². The van der Waals surface area contributed by atoms with Gasteiger partial charge in [0, 0.05) is 10.4 Å². The molecule has 2 heterocycles. The highest BCUT2D eigenvalue weighted by Crippen LogP contribution is 2.38. The standard InChI is InChI=1S/C21H25NO5S2/c1-5-27-20(24)17-15-10-11-29(25,26)12-16(15)28-19(17)22-18(23)13-6-8-14(9-7-13)21(2,3)4/h6-9H,5,10-12H2,1-4H3,(H,22,23). The molecule has 0 fully saturated rings. The quantitative estimate of drug-likeness (QED) is 0.735. The Labute approximate surface area is 175 Å². The number of carbonyl (C=O) groups is 2. The van der Waals surface area contributed by atoms with Crippen molar-refractivity contribution in [3.8, 4) is 0 Å². The summed E-state index contributed by atoms with van der Waals surface area (Å²) >= 11 is 1.14. The molecular weight excluding hydrogens is 410 g/mol. The zero-order valence-electron chi connectivity index (χ0n) is 17.0. The van der Waals surface area contributed by atoms with Crippen molar-refractivity contribution in [2.75, 3.05) is 17.7 Å². The molecule has 3 rings (SSSR count). The van der Waals surface area contributed by atoms with E-state index in [1.165, 1.54) is 0 Å². The van der Waals surface area contributed by atoms with Gasteiger partial charge in [0.2, 0.25) is 0 Å². The number of amides is 1. The lowest BCUT2D eigenvalue weighted by atomic mass is 9.87. The van der Waals surface area contributed by atoms with Crippen molar-refractivity contribution >= 4 is 38.1 Å². The van der Waals surface area contributed by atoms with Crippen LogP contribution in [-0.4, -0.2) is 32.7 Å². The van der Waals surface area contributed by atoms with Crippen LogP contribution in [-0.2, 0) is 32.2 Å². The van der Waals surface area contributed by atoms with Crippen LogP contribution in [0, 0.1) is 0 Å². The van der Waals surface area contributed by atoms with Gasteiger partial charge in [-0.25, -0.2) is 13.2 Å². The van der Waals surface area contributed by atoms with Crippen LogP contribution in [0.3, 0.4) is 0 Å². The third-order valence-corrected chi connectivity index (χ3v) is 7.71. The minimum Gasteiger partial charge on any atom is -0.462 e. The molecule has 0 atom stereocenters. The molecule has 29 heavy (non-hydrogen) atoms. The average molecular weight is 436 g/mol. The number of carbonyl (C=O) groups excluding carboxylic acids is 2. The van der Waals surface area contributed by atoms with E-state index in [1.807, 2.05) is 12.1 Å². The van der Waals surface area contributed by atoms with Crippen LogP contribution in [0.5, 0.6) is 0 Å². The minimum atomic E-state index is -3.19. The van der Waals surface area contributed by atoms with Crippen molar-refractivity contribution in [1.29, 1.82) is 0 Å². The molecule has 0 saturated carbocycles. The van der Waals surface area contributed by atoms with Gasteiger partial charge in [0.1, 0.15) is 5.00 Å². The van der Waals surface area contributed by atoms with E-state index in [0.717, 1.165) is 16.9 Å². The lowest BCUT2D eigenvalue weighted by Crippen LogP contribution is -2.20. The Hall–Kier alpha value is -2.19. The number of nitrogens with one attached hydrogen (secondary N) is 1. The Bertz CT molecular complexity index is 1040. The molecule has 1 amide bonds. The summed E-state index contributed by atoms with van der Waals surface area (Å²) < 4.78 is 29.1. The second-order valence-corrected chi connectivity index (χ2v) is 11.3. The van der Waals surface area contributed by atoms with E-state index in [0.29, 0.717) is 21.0 Å². The number of hydrogen-bond donors (Lipinski definition) is 1. The van der Waals surface area contributed by atoms with Crippen LogP contribution in [0.15, 0.2) is 24.3 Å². The van der Waals surface area contributed by atoms with E-state index in [1.54, 1.807) is 19.1 Å². The van der Waals surface area contributed by atoms with Crippen LogP contribution in [0.25, 0.3) is 0 Å². The summed E-state index contributed by atoms with van der Waals surface area (Å²) in [5.74, 6) is -1.01. The first-order valence-corrected chi connectivity index (χ1v) is 12.1. The van der Waals surface area contributed by atoms with Gasteiger partial charge in [-0.2, -0.15) is 0 Å². The number of esters is 1. The van der Waals surface area contributed by atoms with E-state index in [4.69, 9.17) is 4.74 Å². The first kappa shape index (κ1) is 21.5. The van der Waals surface area contributed by atoms with Crippen LogP contribution >= 0.6 is 11.3 Å². The number of sulfone groups is 1. The molecule has 0 spiro atoms. The van der Waals surface area contributed by atoms with Crippen LogP contribution in [0.1, 0.15) is 64.4 Å². The molecule has 1 N–H and O–H groups in total. The van der Waals surface area contributed by atoms with E-state index >= 15 is 0 Å². The number of benzene rings is 1. The molecule has 6 nitrogen and oxygen atoms in total. The minimum absolute atomic E-state index is 0.00914. The number of ether oxygens (including phenoxy) is 1. The predicted molar refractivity (Wildman–Crippen MR) is 115 cm³/mol. The molecule has 1 aliphatic heterocycles. The van der Waals surface area contributed by atoms with E-state index in [-0.39, 0.29) is 41.4 Å². The van der Waals surface area contributed by atoms with Gasteiger partial charge in [-0.1, -0.05) is 32.9 Å². The fourth-order valence-corrected chi connectivity index (χ4v) is 6.26. The highest BCUT2D eigenvalue weighted by Gasteiger charge is 2.32. The molecule has 0 aliphatic carbocycles. The van der Waals surface area contributed by atoms with Gasteiger partial charge in [0.05, 0.1) is 23.7 Å². The molecule has 0 bridgehead atoms. The van der Waals surface area contributed by atoms with Gasteiger partial charge in [-0.3, -0.25) is 4.79 Å². The van der Waals surface area contributed by atoms with Gasteiger partial charge in [-0.05, 0) is 42.0 Å². The lowest BCUT2D eigenvalue weighted by Gasteiger charge is -2.19. The lowest BCUT2D eigenvalue weighted by molar-refractivity contribution is 0.0527. The number of thiophene rings is 1. The summed E-state index contributed by atoms with van der Waals surface area (Å²) in [5, 5.41) is 3.14. The SMILES string of the molecule is CCOC(=O)c1c(NC(=O)c2ccc(C(C)(C)C)cc2)sc2c1CCS(=O)(=O)C2. The van der Waals surface area contributed by atoms with Gasteiger partial charge in [0.15, 0.2) is 9.84 Å². The summed E-state index contributed by atoms with van der Waals surface area (Å²) in [7, 11) is -3.19. The molecule has 156 valence electrons. The largest absolute Gasteiger partial charge is 0.462 e. The number of rotatable bonds is 4. The van der Waals surface area contributed by atoms with Gasteiger partial charge >= 0.3 is 5.97 Å². The van der Waals surface area contributed by atoms with Crippen LogP contribution < -0.4 is 5.32 Å². The first-order chi connectivity index (χ1) is 13.5. The average Bonchev–Trinajstić information content (AvgIpc) is 2.96. The van der Waals surface area contributed by atoms with Crippen molar-refractivity contribution in [2.24, 2.45) is 0 Å². The maximum atomic E-state index is 12.8. The summed E-state index contributed by atoms with van der Waals surface area (Å²) in [5.41, 5.74) is 2.50. The number of fused-ring (bicyclic) bond motifs is 1. The molecule has 1 aliphatic rings. The molecule has 0 saturated heterocycles. The zero-order chi connectivity index (χ0) is 21.4.